The van der Waals surface area contributed by atoms with Crippen LogP contribution in [0.4, 0.5) is 0 Å². The van der Waals surface area contributed by atoms with E-state index in [2.05, 4.69) is 109 Å². The number of para-hydroxylation sites is 1. The maximum absolute atomic E-state index is 5.58. The molecule has 3 heteroatoms. The molecule has 4 rings (SSSR count). The van der Waals surface area contributed by atoms with Gasteiger partial charge in [-0.05, 0) is 73.7 Å². The average molecular weight is 496 g/mol. The third-order valence-corrected chi connectivity index (χ3v) is 11.2. The van der Waals surface area contributed by atoms with Crippen molar-refractivity contribution in [2.45, 2.75) is 25.7 Å². The third kappa shape index (κ3) is 5.89. The number of hydrogen-bond donors (Lipinski definition) is 0. The van der Waals surface area contributed by atoms with Gasteiger partial charge in [0.15, 0.2) is 11.5 Å². The van der Waals surface area contributed by atoms with Gasteiger partial charge in [0.1, 0.15) is 23.2 Å². The Labute approximate surface area is 217 Å². The second kappa shape index (κ2) is 13.1. The van der Waals surface area contributed by atoms with E-state index in [-0.39, 0.29) is 0 Å². The number of unbranched alkanes of at least 4 members (excludes halogenated alkanes) is 1. The van der Waals surface area contributed by atoms with Gasteiger partial charge in [-0.2, -0.15) is 0 Å². The van der Waals surface area contributed by atoms with E-state index >= 15 is 0 Å². The summed E-state index contributed by atoms with van der Waals surface area (Å²) < 4.78 is 11.0. The minimum Gasteiger partial charge on any atom is -0.493 e. The first-order valence-electron chi connectivity index (χ1n) is 12.7. The quantitative estimate of drug-likeness (QED) is 0.120. The van der Waals surface area contributed by atoms with E-state index in [0.29, 0.717) is 0 Å². The molecule has 0 saturated heterocycles. The highest BCUT2D eigenvalue weighted by atomic mass is 31.2. The smallest absolute Gasteiger partial charge is 0.163 e. The Morgan fingerprint density at radius 2 is 1.11 bits per heavy atom. The first-order chi connectivity index (χ1) is 17.8. The Kier molecular flexibility index (Phi) is 9.36. The van der Waals surface area contributed by atoms with Gasteiger partial charge in [-0.25, -0.2) is 0 Å². The molecule has 0 aromatic heterocycles. The predicted molar refractivity (Wildman–Crippen MR) is 156 cm³/mol. The molecule has 0 aliphatic rings. The fourth-order valence-electron chi connectivity index (χ4n) is 4.95. The summed E-state index contributed by atoms with van der Waals surface area (Å²) in [6, 6.07) is 39.5. The molecular weight excluding hydrogens is 459 g/mol. The summed E-state index contributed by atoms with van der Waals surface area (Å²) in [5.74, 6) is 1.64. The Hall–Kier alpha value is -3.35. The van der Waals surface area contributed by atoms with Gasteiger partial charge in [0, 0.05) is 0 Å². The van der Waals surface area contributed by atoms with Gasteiger partial charge >= 0.3 is 0 Å². The van der Waals surface area contributed by atoms with Crippen LogP contribution in [-0.4, -0.2) is 20.4 Å². The molecule has 0 unspecified atom stereocenters. The van der Waals surface area contributed by atoms with E-state index in [9.17, 15) is 0 Å². The van der Waals surface area contributed by atoms with E-state index in [1.165, 1.54) is 21.5 Å². The number of ether oxygens (including phenoxy) is 2. The molecule has 0 heterocycles. The normalized spacial score (nSPS) is 11.5. The summed E-state index contributed by atoms with van der Waals surface area (Å²) in [7, 11) is 1.65. The number of rotatable bonds is 12. The van der Waals surface area contributed by atoms with Gasteiger partial charge in [-0.1, -0.05) is 78.9 Å². The fourth-order valence-corrected chi connectivity index (χ4v) is 9.32. The van der Waals surface area contributed by atoms with Gasteiger partial charge in [-0.3, -0.25) is 0 Å². The molecule has 4 aromatic carbocycles. The maximum atomic E-state index is 5.58. The molecular formula is C33H36O2P+. The van der Waals surface area contributed by atoms with E-state index < -0.39 is 7.26 Å². The number of aryl methyl sites for hydroxylation is 1. The highest BCUT2D eigenvalue weighted by Gasteiger charge is 2.44. The van der Waals surface area contributed by atoms with Crippen LogP contribution in [0.25, 0.3) is 0 Å². The molecule has 36 heavy (non-hydrogen) atoms. The van der Waals surface area contributed by atoms with Crippen molar-refractivity contribution < 1.29 is 9.47 Å². The molecule has 0 aliphatic carbocycles. The van der Waals surface area contributed by atoms with Crippen LogP contribution >= 0.6 is 7.26 Å². The lowest BCUT2D eigenvalue weighted by Gasteiger charge is -2.27. The topological polar surface area (TPSA) is 18.5 Å². The van der Waals surface area contributed by atoms with Crippen LogP contribution in [0.5, 0.6) is 11.5 Å². The van der Waals surface area contributed by atoms with Crippen LogP contribution in [0, 0.1) is 0 Å². The standard InChI is InChI=1S/C33H36O2P/c1-34-32-26-17-19-28(33(32)35-2)18-9-4-3-5-16-27-36(29-20-10-6-11-21-29,30-22-12-7-13-23-30)31-24-14-8-15-25-31/h3-4,6-8,10-15,17,19-26H,5,9,16,18,27H2,1-2H3/q+1/b4-3+. The van der Waals surface area contributed by atoms with Crippen molar-refractivity contribution in [2.75, 3.05) is 20.4 Å². The van der Waals surface area contributed by atoms with Crippen LogP contribution in [0.1, 0.15) is 24.8 Å². The van der Waals surface area contributed by atoms with Crippen LogP contribution in [0.2, 0.25) is 0 Å². The zero-order valence-electron chi connectivity index (χ0n) is 21.3. The molecule has 0 saturated carbocycles. The number of methoxy groups -OCH3 is 2. The van der Waals surface area contributed by atoms with Gasteiger partial charge < -0.3 is 9.47 Å². The first kappa shape index (κ1) is 25.7. The Balaban J connectivity index is 1.48. The predicted octanol–water partition coefficient (Wildman–Crippen LogP) is 6.97. The van der Waals surface area contributed by atoms with Crippen molar-refractivity contribution in [2.24, 2.45) is 0 Å². The fraction of sp³-hybridized carbons (Fsp3) is 0.212. The number of benzene rings is 4. The molecule has 2 nitrogen and oxygen atoms in total. The molecule has 0 bridgehead atoms. The van der Waals surface area contributed by atoms with Crippen LogP contribution < -0.4 is 25.4 Å². The second-order valence-electron chi connectivity index (χ2n) is 8.84. The summed E-state index contributed by atoms with van der Waals surface area (Å²) in [5, 5.41) is 4.37. The summed E-state index contributed by atoms with van der Waals surface area (Å²) in [5.41, 5.74) is 1.18. The van der Waals surface area contributed by atoms with Crippen LogP contribution in [0.3, 0.4) is 0 Å². The van der Waals surface area contributed by atoms with Crippen molar-refractivity contribution in [1.29, 1.82) is 0 Å². The van der Waals surface area contributed by atoms with Gasteiger partial charge in [0.05, 0.1) is 20.4 Å². The maximum Gasteiger partial charge on any atom is 0.163 e. The van der Waals surface area contributed by atoms with Gasteiger partial charge in [0.25, 0.3) is 0 Å². The molecule has 0 fully saturated rings. The van der Waals surface area contributed by atoms with Crippen LogP contribution in [-0.2, 0) is 6.42 Å². The second-order valence-corrected chi connectivity index (χ2v) is 12.5. The van der Waals surface area contributed by atoms with E-state index in [4.69, 9.17) is 9.47 Å². The summed E-state index contributed by atoms with van der Waals surface area (Å²) >= 11 is 0. The average Bonchev–Trinajstić information content (AvgIpc) is 2.96. The van der Waals surface area contributed by atoms with E-state index in [1.54, 1.807) is 14.2 Å². The summed E-state index contributed by atoms with van der Waals surface area (Å²) in [6.45, 7) is 0. The van der Waals surface area contributed by atoms with Crippen molar-refractivity contribution in [3.63, 3.8) is 0 Å². The van der Waals surface area contributed by atoms with E-state index in [1.807, 2.05) is 12.1 Å². The SMILES string of the molecule is COc1cccc(CC/C=C/CCC[P+](c2ccccc2)(c2ccccc2)c2ccccc2)c1OC. The number of hydrogen-bond acceptors (Lipinski definition) is 2. The van der Waals surface area contributed by atoms with Gasteiger partial charge in [0.2, 0.25) is 0 Å². The van der Waals surface area contributed by atoms with Crippen molar-refractivity contribution >= 4 is 23.2 Å². The monoisotopic (exact) mass is 495 g/mol. The lowest BCUT2D eigenvalue weighted by molar-refractivity contribution is 0.351. The zero-order valence-corrected chi connectivity index (χ0v) is 22.2. The summed E-state index contributed by atoms with van der Waals surface area (Å²) in [6.07, 6.45) is 9.95. The van der Waals surface area contributed by atoms with Gasteiger partial charge in [-0.15, -0.1) is 0 Å². The first-order valence-corrected chi connectivity index (χ1v) is 14.7. The Morgan fingerprint density at radius 1 is 0.583 bits per heavy atom. The molecule has 0 radical (unpaired) electrons. The van der Waals surface area contributed by atoms with Crippen molar-refractivity contribution in [3.8, 4) is 11.5 Å². The van der Waals surface area contributed by atoms with Crippen molar-refractivity contribution in [3.05, 3.63) is 127 Å². The lowest BCUT2D eigenvalue weighted by Crippen LogP contribution is -2.33. The Morgan fingerprint density at radius 3 is 1.61 bits per heavy atom. The van der Waals surface area contributed by atoms with Crippen LogP contribution in [0.15, 0.2) is 121 Å². The molecule has 0 spiro atoms. The minimum atomic E-state index is -1.74. The number of allylic oxidation sites excluding steroid dienone is 2. The highest BCUT2D eigenvalue weighted by Crippen LogP contribution is 2.55. The molecule has 184 valence electrons. The third-order valence-electron chi connectivity index (χ3n) is 6.69. The largest absolute Gasteiger partial charge is 0.493 e. The summed E-state index contributed by atoms with van der Waals surface area (Å²) in [4.78, 5) is 0. The molecule has 0 N–H and O–H groups in total. The van der Waals surface area contributed by atoms with Crippen molar-refractivity contribution in [1.82, 2.24) is 0 Å². The Bertz CT molecular complexity index is 1120. The minimum absolute atomic E-state index is 0.794. The van der Waals surface area contributed by atoms with E-state index in [0.717, 1.165) is 43.3 Å². The highest BCUT2D eigenvalue weighted by molar-refractivity contribution is 7.95. The molecule has 0 amide bonds. The zero-order chi connectivity index (χ0) is 25.1. The molecule has 4 aromatic rings. The lowest BCUT2D eigenvalue weighted by atomic mass is 10.1. The molecule has 0 atom stereocenters. The molecule has 0 aliphatic heterocycles.